The van der Waals surface area contributed by atoms with E-state index in [1.807, 2.05) is 12.1 Å². The third-order valence-corrected chi connectivity index (χ3v) is 2.74. The average Bonchev–Trinajstić information content (AvgIpc) is 3.11. The van der Waals surface area contributed by atoms with Crippen LogP contribution in [0.2, 0.25) is 0 Å². The van der Waals surface area contributed by atoms with Crippen molar-refractivity contribution in [3.63, 3.8) is 0 Å². The van der Waals surface area contributed by atoms with Crippen molar-refractivity contribution in [2.75, 3.05) is 14.1 Å². The minimum Gasteiger partial charge on any atom is -0.490 e. The summed E-state index contributed by atoms with van der Waals surface area (Å²) in [5.74, 6) is 0.623. The first-order chi connectivity index (χ1) is 8.11. The molecule has 0 aromatic heterocycles. The van der Waals surface area contributed by atoms with Gasteiger partial charge in [0.2, 0.25) is 0 Å². The number of nitrogens with zero attached hydrogens (tertiary/aromatic N) is 1. The summed E-state index contributed by atoms with van der Waals surface area (Å²) in [6.07, 6.45) is 2.42. The van der Waals surface area contributed by atoms with E-state index in [9.17, 15) is 4.79 Å². The highest BCUT2D eigenvalue weighted by Crippen LogP contribution is 2.30. The van der Waals surface area contributed by atoms with Crippen LogP contribution in [-0.4, -0.2) is 31.0 Å². The maximum atomic E-state index is 12.0. The lowest BCUT2D eigenvalue weighted by atomic mass is 10.1. The molecule has 0 aliphatic heterocycles. The SMILES string of the molecule is CN(C)C(=O)c1ccc(CN)cc1OC1CC1. The summed E-state index contributed by atoms with van der Waals surface area (Å²) in [6.45, 7) is 0.456. The quantitative estimate of drug-likeness (QED) is 0.856. The molecule has 1 saturated carbocycles. The van der Waals surface area contributed by atoms with Crippen LogP contribution in [0.5, 0.6) is 5.75 Å². The van der Waals surface area contributed by atoms with E-state index in [1.54, 1.807) is 25.1 Å². The van der Waals surface area contributed by atoms with Gasteiger partial charge in [-0.15, -0.1) is 0 Å². The summed E-state index contributed by atoms with van der Waals surface area (Å²) >= 11 is 0. The third kappa shape index (κ3) is 2.77. The molecule has 4 heteroatoms. The zero-order chi connectivity index (χ0) is 12.4. The van der Waals surface area contributed by atoms with Gasteiger partial charge in [0, 0.05) is 20.6 Å². The number of nitrogens with two attached hydrogens (primary N) is 1. The van der Waals surface area contributed by atoms with Crippen LogP contribution < -0.4 is 10.5 Å². The number of amides is 1. The normalized spacial score (nSPS) is 14.5. The Bertz CT molecular complexity index is 425. The Morgan fingerprint density at radius 2 is 2.18 bits per heavy atom. The molecule has 2 N–H and O–H groups in total. The molecule has 0 saturated heterocycles. The van der Waals surface area contributed by atoms with Crippen LogP contribution in [0.15, 0.2) is 18.2 Å². The summed E-state index contributed by atoms with van der Waals surface area (Å²) in [5, 5.41) is 0. The van der Waals surface area contributed by atoms with Gasteiger partial charge in [0.1, 0.15) is 5.75 Å². The summed E-state index contributed by atoms with van der Waals surface area (Å²) in [5.41, 5.74) is 7.19. The van der Waals surface area contributed by atoms with Crippen molar-refractivity contribution in [3.8, 4) is 5.75 Å². The van der Waals surface area contributed by atoms with E-state index in [2.05, 4.69) is 0 Å². The first-order valence-corrected chi connectivity index (χ1v) is 5.83. The molecule has 1 fully saturated rings. The topological polar surface area (TPSA) is 55.6 Å². The van der Waals surface area contributed by atoms with Gasteiger partial charge < -0.3 is 15.4 Å². The molecule has 1 aliphatic carbocycles. The Morgan fingerprint density at radius 1 is 1.47 bits per heavy atom. The van der Waals surface area contributed by atoms with Crippen molar-refractivity contribution >= 4 is 5.91 Å². The molecule has 0 bridgehead atoms. The summed E-state index contributed by atoms with van der Waals surface area (Å²) < 4.78 is 5.77. The molecule has 17 heavy (non-hydrogen) atoms. The molecule has 0 spiro atoms. The van der Waals surface area contributed by atoms with E-state index >= 15 is 0 Å². The first kappa shape index (κ1) is 11.9. The molecule has 1 aromatic carbocycles. The molecule has 92 valence electrons. The number of carbonyl (C=O) groups excluding carboxylic acids is 1. The van der Waals surface area contributed by atoms with Crippen LogP contribution in [0.4, 0.5) is 0 Å². The van der Waals surface area contributed by atoms with Crippen molar-refractivity contribution < 1.29 is 9.53 Å². The van der Waals surface area contributed by atoms with Crippen LogP contribution in [0.25, 0.3) is 0 Å². The van der Waals surface area contributed by atoms with Crippen LogP contribution in [0.1, 0.15) is 28.8 Å². The summed E-state index contributed by atoms with van der Waals surface area (Å²) in [4.78, 5) is 13.5. The Labute approximate surface area is 101 Å². The van der Waals surface area contributed by atoms with Crippen LogP contribution in [0, 0.1) is 0 Å². The van der Waals surface area contributed by atoms with Crippen molar-refractivity contribution in [3.05, 3.63) is 29.3 Å². The average molecular weight is 234 g/mol. The molecule has 4 nitrogen and oxygen atoms in total. The molecule has 0 atom stereocenters. The minimum absolute atomic E-state index is 0.0378. The van der Waals surface area contributed by atoms with Crippen molar-refractivity contribution in [2.24, 2.45) is 5.73 Å². The second-order valence-corrected chi connectivity index (χ2v) is 4.55. The van der Waals surface area contributed by atoms with Gasteiger partial charge in [-0.2, -0.15) is 0 Å². The maximum Gasteiger partial charge on any atom is 0.257 e. The fourth-order valence-corrected chi connectivity index (χ4v) is 1.57. The number of rotatable bonds is 4. The van der Waals surface area contributed by atoms with E-state index in [1.165, 1.54) is 0 Å². The zero-order valence-corrected chi connectivity index (χ0v) is 10.3. The molecule has 0 heterocycles. The van der Waals surface area contributed by atoms with E-state index in [4.69, 9.17) is 10.5 Å². The Hall–Kier alpha value is -1.55. The molecule has 1 amide bonds. The Morgan fingerprint density at radius 3 is 2.71 bits per heavy atom. The largest absolute Gasteiger partial charge is 0.490 e. The first-order valence-electron chi connectivity index (χ1n) is 5.83. The van der Waals surface area contributed by atoms with Crippen molar-refractivity contribution in [1.82, 2.24) is 4.90 Å². The number of ether oxygens (including phenoxy) is 1. The van der Waals surface area contributed by atoms with E-state index in [0.717, 1.165) is 18.4 Å². The number of hydrogen-bond donors (Lipinski definition) is 1. The van der Waals surface area contributed by atoms with Gasteiger partial charge in [-0.25, -0.2) is 0 Å². The maximum absolute atomic E-state index is 12.0. The smallest absolute Gasteiger partial charge is 0.257 e. The fourth-order valence-electron chi connectivity index (χ4n) is 1.57. The summed E-state index contributed by atoms with van der Waals surface area (Å²) in [6, 6.07) is 5.54. The second-order valence-electron chi connectivity index (χ2n) is 4.55. The highest BCUT2D eigenvalue weighted by molar-refractivity contribution is 5.96. The molecule has 1 aromatic rings. The summed E-state index contributed by atoms with van der Waals surface area (Å²) in [7, 11) is 3.47. The lowest BCUT2D eigenvalue weighted by Gasteiger charge is -2.15. The molecule has 0 radical (unpaired) electrons. The van der Waals surface area contributed by atoms with Gasteiger partial charge in [-0.05, 0) is 30.5 Å². The molecule has 2 rings (SSSR count). The molecule has 1 aliphatic rings. The van der Waals surface area contributed by atoms with E-state index in [0.29, 0.717) is 17.9 Å². The van der Waals surface area contributed by atoms with Crippen LogP contribution in [-0.2, 0) is 6.54 Å². The highest BCUT2D eigenvalue weighted by Gasteiger charge is 2.26. The van der Waals surface area contributed by atoms with Crippen LogP contribution in [0.3, 0.4) is 0 Å². The standard InChI is InChI=1S/C13H18N2O2/c1-15(2)13(16)11-6-3-9(8-14)7-12(11)17-10-4-5-10/h3,6-7,10H,4-5,8,14H2,1-2H3. The molecular weight excluding hydrogens is 216 g/mol. The van der Waals surface area contributed by atoms with Crippen molar-refractivity contribution in [1.29, 1.82) is 0 Å². The Kier molecular flexibility index (Phi) is 3.33. The predicted molar refractivity (Wildman–Crippen MR) is 66.0 cm³/mol. The van der Waals surface area contributed by atoms with Gasteiger partial charge in [0.15, 0.2) is 0 Å². The van der Waals surface area contributed by atoms with E-state index in [-0.39, 0.29) is 12.0 Å². The highest BCUT2D eigenvalue weighted by atomic mass is 16.5. The zero-order valence-electron chi connectivity index (χ0n) is 10.3. The molecule has 0 unspecified atom stereocenters. The monoisotopic (exact) mass is 234 g/mol. The van der Waals surface area contributed by atoms with Gasteiger partial charge in [-0.3, -0.25) is 4.79 Å². The minimum atomic E-state index is -0.0378. The second kappa shape index (κ2) is 4.75. The number of benzene rings is 1. The predicted octanol–water partition coefficient (Wildman–Crippen LogP) is 1.39. The van der Waals surface area contributed by atoms with Gasteiger partial charge in [0.25, 0.3) is 5.91 Å². The fraction of sp³-hybridized carbons (Fsp3) is 0.462. The van der Waals surface area contributed by atoms with Gasteiger partial charge in [0.05, 0.1) is 11.7 Å². The van der Waals surface area contributed by atoms with Crippen LogP contribution >= 0.6 is 0 Å². The molecular formula is C13H18N2O2. The van der Waals surface area contributed by atoms with Gasteiger partial charge in [-0.1, -0.05) is 6.07 Å². The number of hydrogen-bond acceptors (Lipinski definition) is 3. The number of carbonyl (C=O) groups is 1. The lowest BCUT2D eigenvalue weighted by Crippen LogP contribution is -2.22. The Balaban J connectivity index is 2.31. The van der Waals surface area contributed by atoms with Crippen molar-refractivity contribution in [2.45, 2.75) is 25.5 Å². The lowest BCUT2D eigenvalue weighted by molar-refractivity contribution is 0.0823. The third-order valence-electron chi connectivity index (χ3n) is 2.74. The van der Waals surface area contributed by atoms with E-state index < -0.39 is 0 Å². The van der Waals surface area contributed by atoms with Gasteiger partial charge >= 0.3 is 0 Å².